The Morgan fingerprint density at radius 2 is 1.96 bits per heavy atom. The molecular formula is C20H24N2O2. The number of carbonyl (C=O) groups excluding carboxylic acids is 1. The predicted octanol–water partition coefficient (Wildman–Crippen LogP) is 2.69. The van der Waals surface area contributed by atoms with E-state index in [9.17, 15) is 4.79 Å². The minimum absolute atomic E-state index is 0.0521. The van der Waals surface area contributed by atoms with Gasteiger partial charge in [-0.15, -0.1) is 0 Å². The van der Waals surface area contributed by atoms with Crippen molar-refractivity contribution in [2.75, 3.05) is 32.8 Å². The molecule has 1 unspecified atom stereocenters. The second-order valence-electron chi connectivity index (χ2n) is 6.22. The van der Waals surface area contributed by atoms with Crippen molar-refractivity contribution in [2.45, 2.75) is 13.0 Å². The Morgan fingerprint density at radius 1 is 1.21 bits per heavy atom. The highest BCUT2D eigenvalue weighted by Crippen LogP contribution is 2.19. The molecule has 0 aliphatic carbocycles. The Bertz CT molecular complexity index is 715. The van der Waals surface area contributed by atoms with Gasteiger partial charge in [0.1, 0.15) is 0 Å². The predicted molar refractivity (Wildman–Crippen MR) is 97.8 cm³/mol. The Balaban J connectivity index is 1.58. The zero-order valence-corrected chi connectivity index (χ0v) is 14.1. The largest absolute Gasteiger partial charge is 0.379 e. The summed E-state index contributed by atoms with van der Waals surface area (Å²) >= 11 is 0. The number of rotatable bonds is 5. The number of benzene rings is 2. The van der Waals surface area contributed by atoms with Crippen LogP contribution in [0.2, 0.25) is 0 Å². The summed E-state index contributed by atoms with van der Waals surface area (Å²) in [5.41, 5.74) is 1.06. The summed E-state index contributed by atoms with van der Waals surface area (Å²) in [6.07, 6.45) is 3.51. The van der Waals surface area contributed by atoms with Crippen molar-refractivity contribution in [3.05, 3.63) is 54.1 Å². The number of hydrogen-bond acceptors (Lipinski definition) is 3. The summed E-state index contributed by atoms with van der Waals surface area (Å²) in [6, 6.07) is 14.4. The number of ether oxygens (including phenoxy) is 1. The van der Waals surface area contributed by atoms with Gasteiger partial charge in [0, 0.05) is 31.8 Å². The third kappa shape index (κ3) is 4.43. The van der Waals surface area contributed by atoms with Crippen molar-refractivity contribution >= 4 is 22.8 Å². The highest BCUT2D eigenvalue weighted by molar-refractivity contribution is 5.96. The number of nitrogens with zero attached hydrogens (tertiary/aromatic N) is 1. The van der Waals surface area contributed by atoms with E-state index in [0.29, 0.717) is 0 Å². The minimum atomic E-state index is -0.0521. The fraction of sp³-hybridized carbons (Fsp3) is 0.350. The normalized spacial score (nSPS) is 17.2. The molecule has 1 fully saturated rings. The number of carbonyl (C=O) groups is 1. The Morgan fingerprint density at radius 3 is 2.79 bits per heavy atom. The quantitative estimate of drug-likeness (QED) is 0.860. The zero-order valence-electron chi connectivity index (χ0n) is 14.1. The SMILES string of the molecule is CC(CN1CCOCC1)NC(=O)/C=C/c1cccc2ccccc12. The van der Waals surface area contributed by atoms with Gasteiger partial charge >= 0.3 is 0 Å². The first-order chi connectivity index (χ1) is 11.7. The van der Waals surface area contributed by atoms with Crippen LogP contribution in [-0.2, 0) is 9.53 Å². The van der Waals surface area contributed by atoms with Crippen LogP contribution < -0.4 is 5.32 Å². The maximum Gasteiger partial charge on any atom is 0.244 e. The maximum absolute atomic E-state index is 12.2. The first kappa shape index (κ1) is 16.7. The molecule has 1 saturated heterocycles. The average Bonchev–Trinajstić information content (AvgIpc) is 2.60. The van der Waals surface area contributed by atoms with Gasteiger partial charge in [-0.2, -0.15) is 0 Å². The van der Waals surface area contributed by atoms with Gasteiger partial charge in [-0.05, 0) is 29.3 Å². The maximum atomic E-state index is 12.2. The molecule has 0 spiro atoms. The molecule has 2 aromatic rings. The Hall–Kier alpha value is -2.17. The monoisotopic (exact) mass is 324 g/mol. The Labute approximate surface area is 143 Å². The van der Waals surface area contributed by atoms with Gasteiger partial charge < -0.3 is 10.1 Å². The van der Waals surface area contributed by atoms with E-state index < -0.39 is 0 Å². The molecule has 1 aliphatic heterocycles. The van der Waals surface area contributed by atoms with Crippen LogP contribution >= 0.6 is 0 Å². The van der Waals surface area contributed by atoms with Gasteiger partial charge in [-0.25, -0.2) is 0 Å². The molecule has 1 atom stereocenters. The van der Waals surface area contributed by atoms with Crippen LogP contribution in [0, 0.1) is 0 Å². The lowest BCUT2D eigenvalue weighted by Gasteiger charge is -2.29. The van der Waals surface area contributed by atoms with Crippen LogP contribution in [0.25, 0.3) is 16.8 Å². The van der Waals surface area contributed by atoms with E-state index in [1.165, 1.54) is 5.39 Å². The third-order valence-corrected chi connectivity index (χ3v) is 4.26. The summed E-state index contributed by atoms with van der Waals surface area (Å²) in [4.78, 5) is 14.5. The number of hydrogen-bond donors (Lipinski definition) is 1. The van der Waals surface area contributed by atoms with Gasteiger partial charge in [0.2, 0.25) is 5.91 Å². The summed E-state index contributed by atoms with van der Waals surface area (Å²) in [5.74, 6) is -0.0521. The van der Waals surface area contributed by atoms with Crippen LogP contribution in [0.5, 0.6) is 0 Å². The molecule has 1 heterocycles. The lowest BCUT2D eigenvalue weighted by molar-refractivity contribution is -0.117. The van der Waals surface area contributed by atoms with Crippen molar-refractivity contribution in [3.63, 3.8) is 0 Å². The van der Waals surface area contributed by atoms with Gasteiger partial charge in [0.05, 0.1) is 13.2 Å². The average molecular weight is 324 g/mol. The number of fused-ring (bicyclic) bond motifs is 1. The van der Waals surface area contributed by atoms with E-state index >= 15 is 0 Å². The Kier molecular flexibility index (Phi) is 5.62. The molecule has 1 amide bonds. The van der Waals surface area contributed by atoms with Gasteiger partial charge in [-0.3, -0.25) is 9.69 Å². The standard InChI is InChI=1S/C20H24N2O2/c1-16(15-22-11-13-24-14-12-22)21-20(23)10-9-18-7-4-6-17-5-2-3-8-19(17)18/h2-10,16H,11-15H2,1H3,(H,21,23)/b10-9+. The van der Waals surface area contributed by atoms with Crippen molar-refractivity contribution in [1.82, 2.24) is 10.2 Å². The van der Waals surface area contributed by atoms with Gasteiger partial charge in [0.15, 0.2) is 0 Å². The molecule has 1 N–H and O–H groups in total. The smallest absolute Gasteiger partial charge is 0.244 e. The summed E-state index contributed by atoms with van der Waals surface area (Å²) in [6.45, 7) is 6.33. The molecule has 4 nitrogen and oxygen atoms in total. The lowest BCUT2D eigenvalue weighted by Crippen LogP contribution is -2.45. The number of amides is 1. The van der Waals surface area contributed by atoms with E-state index in [4.69, 9.17) is 4.74 Å². The van der Waals surface area contributed by atoms with Crippen molar-refractivity contribution in [3.8, 4) is 0 Å². The second-order valence-corrected chi connectivity index (χ2v) is 6.22. The minimum Gasteiger partial charge on any atom is -0.379 e. The molecule has 4 heteroatoms. The molecule has 1 aliphatic rings. The molecule has 0 radical (unpaired) electrons. The van der Waals surface area contributed by atoms with Crippen molar-refractivity contribution < 1.29 is 9.53 Å². The number of nitrogens with one attached hydrogen (secondary N) is 1. The molecule has 126 valence electrons. The topological polar surface area (TPSA) is 41.6 Å². The highest BCUT2D eigenvalue weighted by Gasteiger charge is 2.14. The first-order valence-corrected chi connectivity index (χ1v) is 8.49. The highest BCUT2D eigenvalue weighted by atomic mass is 16.5. The van der Waals surface area contributed by atoms with E-state index in [-0.39, 0.29) is 11.9 Å². The van der Waals surface area contributed by atoms with Gasteiger partial charge in [-0.1, -0.05) is 42.5 Å². The van der Waals surface area contributed by atoms with Crippen LogP contribution in [0.4, 0.5) is 0 Å². The molecule has 3 rings (SSSR count). The molecular weight excluding hydrogens is 300 g/mol. The van der Waals surface area contributed by atoms with Crippen LogP contribution in [0.15, 0.2) is 48.5 Å². The summed E-state index contributed by atoms with van der Waals surface area (Å²) in [7, 11) is 0. The van der Waals surface area contributed by atoms with E-state index in [2.05, 4.69) is 28.4 Å². The van der Waals surface area contributed by atoms with E-state index in [0.717, 1.165) is 43.8 Å². The van der Waals surface area contributed by atoms with Crippen molar-refractivity contribution in [2.24, 2.45) is 0 Å². The number of morpholine rings is 1. The second kappa shape index (κ2) is 8.08. The van der Waals surface area contributed by atoms with Crippen LogP contribution in [0.3, 0.4) is 0 Å². The third-order valence-electron chi connectivity index (χ3n) is 4.26. The van der Waals surface area contributed by atoms with Crippen LogP contribution in [0.1, 0.15) is 12.5 Å². The fourth-order valence-electron chi connectivity index (χ4n) is 3.07. The molecule has 0 bridgehead atoms. The molecule has 2 aromatic carbocycles. The summed E-state index contributed by atoms with van der Waals surface area (Å²) < 4.78 is 5.34. The van der Waals surface area contributed by atoms with Crippen molar-refractivity contribution in [1.29, 1.82) is 0 Å². The fourth-order valence-corrected chi connectivity index (χ4v) is 3.07. The van der Waals surface area contributed by atoms with Crippen LogP contribution in [-0.4, -0.2) is 49.7 Å². The molecule has 24 heavy (non-hydrogen) atoms. The lowest BCUT2D eigenvalue weighted by atomic mass is 10.0. The zero-order chi connectivity index (χ0) is 16.8. The first-order valence-electron chi connectivity index (χ1n) is 8.49. The van der Waals surface area contributed by atoms with Gasteiger partial charge in [0.25, 0.3) is 0 Å². The molecule has 0 saturated carbocycles. The van der Waals surface area contributed by atoms with E-state index in [1.807, 2.05) is 37.3 Å². The molecule has 0 aromatic heterocycles. The summed E-state index contributed by atoms with van der Waals surface area (Å²) in [5, 5.41) is 5.38. The van der Waals surface area contributed by atoms with E-state index in [1.54, 1.807) is 6.08 Å².